The second-order valence-corrected chi connectivity index (χ2v) is 8.81. The van der Waals surface area contributed by atoms with E-state index in [4.69, 9.17) is 0 Å². The van der Waals surface area contributed by atoms with E-state index in [0.717, 1.165) is 54.7 Å². The minimum absolute atomic E-state index is 0.120. The molecular formula is C25H32N6O. The highest BCUT2D eigenvalue weighted by Crippen LogP contribution is 2.33. The maximum absolute atomic E-state index is 12.5. The van der Waals surface area contributed by atoms with E-state index in [-0.39, 0.29) is 11.4 Å². The SMILES string of the molecule is CCCCC(=O)NC1(CN(C)c2ccc(-c3ccccc3-n3cnnn3)cc2)CCCC1. The van der Waals surface area contributed by atoms with Crippen LogP contribution in [-0.4, -0.2) is 45.2 Å². The zero-order valence-corrected chi connectivity index (χ0v) is 19.0. The molecule has 1 heterocycles. The summed E-state index contributed by atoms with van der Waals surface area (Å²) in [4.78, 5) is 14.7. The number of para-hydroxylation sites is 1. The van der Waals surface area contributed by atoms with E-state index in [1.54, 1.807) is 11.0 Å². The number of hydrogen-bond donors (Lipinski definition) is 1. The summed E-state index contributed by atoms with van der Waals surface area (Å²) >= 11 is 0. The first-order valence-corrected chi connectivity index (χ1v) is 11.6. The second-order valence-electron chi connectivity index (χ2n) is 8.81. The Morgan fingerprint density at radius 1 is 1.12 bits per heavy atom. The van der Waals surface area contributed by atoms with Crippen LogP contribution in [0.5, 0.6) is 0 Å². The Balaban J connectivity index is 1.49. The van der Waals surface area contributed by atoms with Crippen LogP contribution in [0.25, 0.3) is 16.8 Å². The summed E-state index contributed by atoms with van der Waals surface area (Å²) in [6, 6.07) is 16.7. The summed E-state index contributed by atoms with van der Waals surface area (Å²) in [6.07, 6.45) is 8.67. The van der Waals surface area contributed by atoms with Crippen molar-refractivity contribution in [2.24, 2.45) is 0 Å². The molecule has 1 fully saturated rings. The van der Waals surface area contributed by atoms with Crippen molar-refractivity contribution in [3.63, 3.8) is 0 Å². The van der Waals surface area contributed by atoms with E-state index < -0.39 is 0 Å². The Morgan fingerprint density at radius 3 is 2.56 bits per heavy atom. The molecule has 1 aliphatic rings. The van der Waals surface area contributed by atoms with Crippen molar-refractivity contribution < 1.29 is 4.79 Å². The fourth-order valence-electron chi connectivity index (χ4n) is 4.70. The Labute approximate surface area is 189 Å². The largest absolute Gasteiger partial charge is 0.372 e. The van der Waals surface area contributed by atoms with Gasteiger partial charge in [0.1, 0.15) is 6.33 Å². The monoisotopic (exact) mass is 432 g/mol. The van der Waals surface area contributed by atoms with Gasteiger partial charge in [-0.1, -0.05) is 56.5 Å². The van der Waals surface area contributed by atoms with Gasteiger partial charge in [-0.2, -0.15) is 4.68 Å². The lowest BCUT2D eigenvalue weighted by atomic mass is 9.95. The topological polar surface area (TPSA) is 75.9 Å². The van der Waals surface area contributed by atoms with Crippen molar-refractivity contribution in [1.82, 2.24) is 25.5 Å². The first-order valence-electron chi connectivity index (χ1n) is 11.6. The molecule has 0 unspecified atom stereocenters. The van der Waals surface area contributed by atoms with Gasteiger partial charge in [-0.25, -0.2) is 0 Å². The van der Waals surface area contributed by atoms with Gasteiger partial charge < -0.3 is 10.2 Å². The lowest BCUT2D eigenvalue weighted by Crippen LogP contribution is -2.53. The van der Waals surface area contributed by atoms with Crippen molar-refractivity contribution in [2.45, 2.75) is 57.4 Å². The molecule has 7 nitrogen and oxygen atoms in total. The molecule has 3 aromatic rings. The number of nitrogens with one attached hydrogen (secondary N) is 1. The zero-order valence-electron chi connectivity index (χ0n) is 19.0. The van der Waals surface area contributed by atoms with Crippen LogP contribution >= 0.6 is 0 Å². The summed E-state index contributed by atoms with van der Waals surface area (Å²) < 4.78 is 1.68. The van der Waals surface area contributed by atoms with Crippen molar-refractivity contribution in [3.8, 4) is 16.8 Å². The van der Waals surface area contributed by atoms with E-state index in [0.29, 0.717) is 6.42 Å². The average molecular weight is 433 g/mol. The number of hydrogen-bond acceptors (Lipinski definition) is 5. The summed E-state index contributed by atoms with van der Waals surface area (Å²) in [7, 11) is 2.11. The van der Waals surface area contributed by atoms with Crippen LogP contribution in [0.4, 0.5) is 5.69 Å². The Kier molecular flexibility index (Phi) is 6.83. The highest BCUT2D eigenvalue weighted by molar-refractivity contribution is 5.77. The van der Waals surface area contributed by atoms with Gasteiger partial charge in [0.2, 0.25) is 5.91 Å². The number of carbonyl (C=O) groups excluding carboxylic acids is 1. The fraction of sp³-hybridized carbons (Fsp3) is 0.440. The molecule has 7 heteroatoms. The molecule has 32 heavy (non-hydrogen) atoms. The third kappa shape index (κ3) is 4.98. The Bertz CT molecular complexity index is 1010. The molecule has 0 spiro atoms. The predicted octanol–water partition coefficient (Wildman–Crippen LogP) is 4.38. The molecule has 1 aromatic heterocycles. The number of anilines is 1. The molecule has 0 bridgehead atoms. The normalized spacial score (nSPS) is 14.9. The minimum atomic E-state index is -0.120. The minimum Gasteiger partial charge on any atom is -0.372 e. The summed E-state index contributed by atoms with van der Waals surface area (Å²) in [5.41, 5.74) is 4.15. The molecule has 4 rings (SSSR count). The first-order chi connectivity index (χ1) is 15.6. The van der Waals surface area contributed by atoms with Crippen LogP contribution in [0.15, 0.2) is 54.9 Å². The molecule has 0 aliphatic heterocycles. The highest BCUT2D eigenvalue weighted by atomic mass is 16.1. The maximum Gasteiger partial charge on any atom is 0.220 e. The number of nitrogens with zero attached hydrogens (tertiary/aromatic N) is 5. The number of aromatic nitrogens is 4. The van der Waals surface area contributed by atoms with E-state index in [1.807, 2.05) is 18.2 Å². The number of likely N-dealkylation sites (N-methyl/N-ethyl adjacent to an activating group) is 1. The van der Waals surface area contributed by atoms with E-state index in [1.165, 1.54) is 12.8 Å². The van der Waals surface area contributed by atoms with Crippen LogP contribution in [0.3, 0.4) is 0 Å². The van der Waals surface area contributed by atoms with Gasteiger partial charge in [0, 0.05) is 31.3 Å². The number of rotatable bonds is 9. The third-order valence-electron chi connectivity index (χ3n) is 6.38. The van der Waals surface area contributed by atoms with Gasteiger partial charge in [0.15, 0.2) is 0 Å². The van der Waals surface area contributed by atoms with Crippen molar-refractivity contribution in [1.29, 1.82) is 0 Å². The third-order valence-corrected chi connectivity index (χ3v) is 6.38. The molecule has 1 N–H and O–H groups in total. The van der Waals surface area contributed by atoms with Gasteiger partial charge in [-0.3, -0.25) is 4.79 Å². The number of carbonyl (C=O) groups is 1. The van der Waals surface area contributed by atoms with E-state index in [2.05, 4.69) is 70.0 Å². The number of amides is 1. The molecule has 168 valence electrons. The molecule has 1 saturated carbocycles. The lowest BCUT2D eigenvalue weighted by molar-refractivity contribution is -0.123. The van der Waals surface area contributed by atoms with Crippen LogP contribution in [0.2, 0.25) is 0 Å². The van der Waals surface area contributed by atoms with Gasteiger partial charge >= 0.3 is 0 Å². The molecule has 0 atom stereocenters. The van der Waals surface area contributed by atoms with Crippen molar-refractivity contribution >= 4 is 11.6 Å². The second kappa shape index (κ2) is 9.94. The van der Waals surface area contributed by atoms with Crippen molar-refractivity contribution in [2.75, 3.05) is 18.5 Å². The molecule has 1 amide bonds. The number of tetrazole rings is 1. The Hall–Kier alpha value is -3.22. The van der Waals surface area contributed by atoms with E-state index in [9.17, 15) is 4.79 Å². The predicted molar refractivity (Wildman–Crippen MR) is 127 cm³/mol. The summed E-state index contributed by atoms with van der Waals surface area (Å²) in [5, 5.41) is 14.9. The summed E-state index contributed by atoms with van der Waals surface area (Å²) in [6.45, 7) is 2.95. The molecule has 0 saturated heterocycles. The van der Waals surface area contributed by atoms with Gasteiger partial charge in [0.05, 0.1) is 11.2 Å². The summed E-state index contributed by atoms with van der Waals surface area (Å²) in [5.74, 6) is 0.191. The smallest absolute Gasteiger partial charge is 0.220 e. The van der Waals surface area contributed by atoms with Crippen LogP contribution in [0.1, 0.15) is 51.9 Å². The zero-order chi connectivity index (χ0) is 22.4. The maximum atomic E-state index is 12.5. The number of unbranched alkanes of at least 4 members (excludes halogenated alkanes) is 1. The average Bonchev–Trinajstić information content (AvgIpc) is 3.50. The van der Waals surface area contributed by atoms with Crippen LogP contribution in [-0.2, 0) is 4.79 Å². The van der Waals surface area contributed by atoms with Crippen LogP contribution in [0, 0.1) is 0 Å². The standard InChI is InChI=1S/C25H32N6O/c1-3-4-11-24(32)27-25(16-7-8-17-25)18-30(2)21-14-12-20(13-15-21)22-9-5-6-10-23(22)31-19-26-28-29-31/h5-6,9-10,12-15,19H,3-4,7-8,11,16-18H2,1-2H3,(H,27,32). The number of benzene rings is 2. The fourth-order valence-corrected chi connectivity index (χ4v) is 4.70. The lowest BCUT2D eigenvalue weighted by Gasteiger charge is -2.35. The molecular weight excluding hydrogens is 400 g/mol. The van der Waals surface area contributed by atoms with Crippen molar-refractivity contribution in [3.05, 3.63) is 54.9 Å². The molecule has 0 radical (unpaired) electrons. The van der Waals surface area contributed by atoms with Gasteiger partial charge in [-0.15, -0.1) is 5.10 Å². The van der Waals surface area contributed by atoms with E-state index >= 15 is 0 Å². The quantitative estimate of drug-likeness (QED) is 0.543. The first kappa shape index (κ1) is 22.0. The molecule has 1 aliphatic carbocycles. The van der Waals surface area contributed by atoms with Gasteiger partial charge in [-0.05, 0) is 53.5 Å². The van der Waals surface area contributed by atoms with Gasteiger partial charge in [0.25, 0.3) is 0 Å². The van der Waals surface area contributed by atoms with Crippen LogP contribution < -0.4 is 10.2 Å². The highest BCUT2D eigenvalue weighted by Gasteiger charge is 2.36. The Morgan fingerprint density at radius 2 is 1.88 bits per heavy atom. The molecule has 2 aromatic carbocycles.